The molecule has 0 saturated heterocycles. The molecule has 0 saturated carbocycles. The molecule has 0 radical (unpaired) electrons. The first-order valence-electron chi connectivity index (χ1n) is 12.2. The highest BCUT2D eigenvalue weighted by Crippen LogP contribution is 2.22. The highest BCUT2D eigenvalue weighted by Gasteiger charge is 2.31. The summed E-state index contributed by atoms with van der Waals surface area (Å²) in [6.07, 6.45) is 2.85. The summed E-state index contributed by atoms with van der Waals surface area (Å²) < 4.78 is 26.5. The molecule has 192 valence electrons. The fourth-order valence-electron chi connectivity index (χ4n) is 3.83. The highest BCUT2D eigenvalue weighted by atomic mass is 32.2. The summed E-state index contributed by atoms with van der Waals surface area (Å²) in [5.74, 6) is -0.629. The standard InChI is InChI=1S/C27H39N3O4S/c1-7-22(5)28-27(32)25(8-2)29(17-16-23-12-10-9-11-13-23)26(31)19-30(35(6,33)34)24-15-14-20(3)21(4)18-24/h9-15,18,22,25H,7-8,16-17,19H2,1-6H3,(H,28,32)/t22-,25+/m1/s1. The van der Waals surface area contributed by atoms with Crippen LogP contribution in [-0.2, 0) is 26.0 Å². The molecule has 7 nitrogen and oxygen atoms in total. The van der Waals surface area contributed by atoms with E-state index in [0.717, 1.165) is 33.7 Å². The Morgan fingerprint density at radius 2 is 1.63 bits per heavy atom. The first kappa shape index (κ1) is 28.4. The number of aryl methyl sites for hydroxylation is 2. The van der Waals surface area contributed by atoms with Crippen molar-refractivity contribution in [1.82, 2.24) is 10.2 Å². The molecule has 0 unspecified atom stereocenters. The second kappa shape index (κ2) is 12.7. The zero-order valence-electron chi connectivity index (χ0n) is 21.7. The van der Waals surface area contributed by atoms with Crippen LogP contribution in [0.15, 0.2) is 48.5 Å². The van der Waals surface area contributed by atoms with Crippen LogP contribution in [0.5, 0.6) is 0 Å². The Labute approximate surface area is 210 Å². The Bertz CT molecular complexity index is 1100. The van der Waals surface area contributed by atoms with Crippen LogP contribution in [-0.4, -0.2) is 56.6 Å². The molecule has 1 N–H and O–H groups in total. The zero-order chi connectivity index (χ0) is 26.2. The van der Waals surface area contributed by atoms with Crippen LogP contribution < -0.4 is 9.62 Å². The minimum atomic E-state index is -3.73. The number of sulfonamides is 1. The van der Waals surface area contributed by atoms with E-state index in [4.69, 9.17) is 0 Å². The molecule has 0 aliphatic carbocycles. The number of nitrogens with zero attached hydrogens (tertiary/aromatic N) is 2. The van der Waals surface area contributed by atoms with E-state index in [1.54, 1.807) is 12.1 Å². The van der Waals surface area contributed by atoms with Crippen LogP contribution in [0.2, 0.25) is 0 Å². The van der Waals surface area contributed by atoms with Crippen LogP contribution in [0.25, 0.3) is 0 Å². The Hall–Kier alpha value is -2.87. The SMILES string of the molecule is CC[C@@H](C)NC(=O)[C@H](CC)N(CCc1ccccc1)C(=O)CN(c1ccc(C)c(C)c1)S(C)(=O)=O. The van der Waals surface area contributed by atoms with Crippen molar-refractivity contribution in [2.24, 2.45) is 0 Å². The first-order valence-corrected chi connectivity index (χ1v) is 14.0. The average molecular weight is 502 g/mol. The number of carbonyl (C=O) groups excluding carboxylic acids is 2. The van der Waals surface area contributed by atoms with Gasteiger partial charge in [-0.25, -0.2) is 8.42 Å². The van der Waals surface area contributed by atoms with Gasteiger partial charge in [-0.15, -0.1) is 0 Å². The summed E-state index contributed by atoms with van der Waals surface area (Å²) in [5, 5.41) is 2.98. The third-order valence-corrected chi connectivity index (χ3v) is 7.47. The van der Waals surface area contributed by atoms with Crippen LogP contribution in [0, 0.1) is 13.8 Å². The average Bonchev–Trinajstić information content (AvgIpc) is 2.81. The second-order valence-electron chi connectivity index (χ2n) is 9.10. The Morgan fingerprint density at radius 3 is 2.17 bits per heavy atom. The van der Waals surface area contributed by atoms with Crippen LogP contribution in [0.3, 0.4) is 0 Å². The maximum Gasteiger partial charge on any atom is 0.244 e. The van der Waals surface area contributed by atoms with E-state index in [1.807, 2.05) is 71.0 Å². The number of hydrogen-bond donors (Lipinski definition) is 1. The van der Waals surface area contributed by atoms with Gasteiger partial charge in [-0.3, -0.25) is 13.9 Å². The molecule has 0 aromatic heterocycles. The highest BCUT2D eigenvalue weighted by molar-refractivity contribution is 7.92. The molecule has 2 atom stereocenters. The van der Waals surface area contributed by atoms with E-state index < -0.39 is 22.0 Å². The molecule has 0 aliphatic heterocycles. The summed E-state index contributed by atoms with van der Waals surface area (Å²) in [6.45, 7) is 9.55. The summed E-state index contributed by atoms with van der Waals surface area (Å²) >= 11 is 0. The third-order valence-electron chi connectivity index (χ3n) is 6.33. The number of hydrogen-bond acceptors (Lipinski definition) is 4. The van der Waals surface area contributed by atoms with Crippen molar-refractivity contribution in [2.75, 3.05) is 23.7 Å². The lowest BCUT2D eigenvalue weighted by Crippen LogP contribution is -2.54. The van der Waals surface area contributed by atoms with Crippen molar-refractivity contribution < 1.29 is 18.0 Å². The van der Waals surface area contributed by atoms with Gasteiger partial charge >= 0.3 is 0 Å². The predicted octanol–water partition coefficient (Wildman–Crippen LogP) is 3.83. The maximum atomic E-state index is 13.6. The zero-order valence-corrected chi connectivity index (χ0v) is 22.6. The quantitative estimate of drug-likeness (QED) is 0.479. The second-order valence-corrected chi connectivity index (χ2v) is 11.0. The summed E-state index contributed by atoms with van der Waals surface area (Å²) in [6, 6.07) is 14.3. The molecule has 0 bridgehead atoms. The van der Waals surface area contributed by atoms with Crippen molar-refractivity contribution in [2.45, 2.75) is 66.0 Å². The van der Waals surface area contributed by atoms with Crippen LogP contribution in [0.1, 0.15) is 50.3 Å². The van der Waals surface area contributed by atoms with Crippen molar-refractivity contribution in [1.29, 1.82) is 0 Å². The lowest BCUT2D eigenvalue weighted by molar-refractivity contribution is -0.139. The Balaban J connectivity index is 2.38. The van der Waals surface area contributed by atoms with E-state index in [-0.39, 0.29) is 18.5 Å². The first-order chi connectivity index (χ1) is 16.5. The maximum absolute atomic E-state index is 13.6. The number of rotatable bonds is 12. The van der Waals surface area contributed by atoms with Gasteiger partial charge in [0.25, 0.3) is 0 Å². The fraction of sp³-hybridized carbons (Fsp3) is 0.481. The number of anilines is 1. The van der Waals surface area contributed by atoms with Gasteiger partial charge in [0.05, 0.1) is 11.9 Å². The van der Waals surface area contributed by atoms with Gasteiger partial charge in [-0.05, 0) is 68.9 Å². The molecule has 2 aromatic carbocycles. The van der Waals surface area contributed by atoms with Crippen molar-refractivity contribution >= 4 is 27.5 Å². The van der Waals surface area contributed by atoms with E-state index in [0.29, 0.717) is 25.1 Å². The minimum Gasteiger partial charge on any atom is -0.352 e. The van der Waals surface area contributed by atoms with Crippen molar-refractivity contribution in [3.05, 3.63) is 65.2 Å². The van der Waals surface area contributed by atoms with Crippen LogP contribution in [0.4, 0.5) is 5.69 Å². The lowest BCUT2D eigenvalue weighted by Gasteiger charge is -2.33. The molecular formula is C27H39N3O4S. The molecule has 0 heterocycles. The number of benzene rings is 2. The number of nitrogens with one attached hydrogen (secondary N) is 1. The molecule has 0 fully saturated rings. The van der Waals surface area contributed by atoms with Crippen LogP contribution >= 0.6 is 0 Å². The Morgan fingerprint density at radius 1 is 0.971 bits per heavy atom. The molecule has 35 heavy (non-hydrogen) atoms. The normalized spacial score (nSPS) is 13.1. The molecule has 0 aliphatic rings. The lowest BCUT2D eigenvalue weighted by atomic mass is 10.1. The van der Waals surface area contributed by atoms with Gasteiger partial charge in [0.15, 0.2) is 0 Å². The van der Waals surface area contributed by atoms with E-state index in [1.165, 1.54) is 4.90 Å². The number of amides is 2. The molecule has 2 aromatic rings. The monoisotopic (exact) mass is 501 g/mol. The smallest absolute Gasteiger partial charge is 0.244 e. The van der Waals surface area contributed by atoms with Crippen molar-refractivity contribution in [3.63, 3.8) is 0 Å². The minimum absolute atomic E-state index is 0.0225. The van der Waals surface area contributed by atoms with Gasteiger partial charge in [-0.2, -0.15) is 0 Å². The molecule has 2 rings (SSSR count). The summed E-state index contributed by atoms with van der Waals surface area (Å²) in [7, 11) is -3.73. The molecule has 8 heteroatoms. The molecule has 0 spiro atoms. The van der Waals surface area contributed by atoms with Gasteiger partial charge in [-0.1, -0.05) is 50.2 Å². The Kier molecular flexibility index (Phi) is 10.3. The topological polar surface area (TPSA) is 86.8 Å². The van der Waals surface area contributed by atoms with E-state index in [9.17, 15) is 18.0 Å². The summed E-state index contributed by atoms with van der Waals surface area (Å²) in [4.78, 5) is 28.3. The van der Waals surface area contributed by atoms with E-state index in [2.05, 4.69) is 5.32 Å². The van der Waals surface area contributed by atoms with Gasteiger partial charge in [0.1, 0.15) is 12.6 Å². The fourth-order valence-corrected chi connectivity index (χ4v) is 4.67. The predicted molar refractivity (Wildman–Crippen MR) is 142 cm³/mol. The molecular weight excluding hydrogens is 462 g/mol. The largest absolute Gasteiger partial charge is 0.352 e. The van der Waals surface area contributed by atoms with Gasteiger partial charge < -0.3 is 10.2 Å². The third kappa shape index (κ3) is 8.09. The summed E-state index contributed by atoms with van der Waals surface area (Å²) in [5.41, 5.74) is 3.44. The number of carbonyl (C=O) groups is 2. The van der Waals surface area contributed by atoms with Gasteiger partial charge in [0, 0.05) is 12.6 Å². The van der Waals surface area contributed by atoms with Crippen molar-refractivity contribution in [3.8, 4) is 0 Å². The molecule has 2 amide bonds. The van der Waals surface area contributed by atoms with Gasteiger partial charge in [0.2, 0.25) is 21.8 Å². The van der Waals surface area contributed by atoms with E-state index >= 15 is 0 Å².